The number of aromatic nitrogens is 2. The maximum Gasteiger partial charge on any atom is 0.0461 e. The molecule has 25 heavy (non-hydrogen) atoms. The second-order valence-corrected chi connectivity index (χ2v) is 6.58. The summed E-state index contributed by atoms with van der Waals surface area (Å²) in [5.74, 6) is 0. The fourth-order valence-corrected chi connectivity index (χ4v) is 3.57. The molecule has 0 saturated heterocycles. The van der Waals surface area contributed by atoms with Gasteiger partial charge in [0.25, 0.3) is 0 Å². The van der Waals surface area contributed by atoms with E-state index in [2.05, 4.69) is 89.4 Å². The lowest BCUT2D eigenvalue weighted by Crippen LogP contribution is -1.89. The first kappa shape index (κ1) is 14.1. The van der Waals surface area contributed by atoms with E-state index in [0.29, 0.717) is 0 Å². The Hall–Kier alpha value is -3.26. The van der Waals surface area contributed by atoms with E-state index in [1.54, 1.807) is 0 Å². The van der Waals surface area contributed by atoms with Crippen LogP contribution in [0.25, 0.3) is 33.0 Å². The third-order valence-electron chi connectivity index (χ3n) is 4.99. The second kappa shape index (κ2) is 5.38. The minimum atomic E-state index is 0.904. The van der Waals surface area contributed by atoms with Crippen molar-refractivity contribution in [2.24, 2.45) is 0 Å². The molecule has 0 spiro atoms. The lowest BCUT2D eigenvalue weighted by atomic mass is 10.0. The van der Waals surface area contributed by atoms with Gasteiger partial charge in [-0.1, -0.05) is 55.1 Å². The lowest BCUT2D eigenvalue weighted by molar-refractivity contribution is 1.28. The number of aromatic amines is 2. The highest BCUT2D eigenvalue weighted by molar-refractivity contribution is 5.92. The number of fused-ring (bicyclic) bond motifs is 2. The highest BCUT2D eigenvalue weighted by Gasteiger charge is 2.16. The number of H-pyrrole nitrogens is 2. The molecule has 0 fully saturated rings. The summed E-state index contributed by atoms with van der Waals surface area (Å²) in [6, 6.07) is 21.1. The highest BCUT2D eigenvalue weighted by Crippen LogP contribution is 2.36. The molecule has 2 heteroatoms. The van der Waals surface area contributed by atoms with Gasteiger partial charge in [0.05, 0.1) is 0 Å². The Morgan fingerprint density at radius 3 is 2.20 bits per heavy atom. The summed E-state index contributed by atoms with van der Waals surface area (Å²) < 4.78 is 0. The van der Waals surface area contributed by atoms with Gasteiger partial charge < -0.3 is 9.97 Å². The molecule has 1 aliphatic rings. The van der Waals surface area contributed by atoms with Crippen LogP contribution in [0.4, 0.5) is 0 Å². The zero-order valence-electron chi connectivity index (χ0n) is 13.8. The molecule has 0 aliphatic heterocycles. The average Bonchev–Trinajstić information content (AvgIpc) is 3.36. The molecule has 2 aromatic heterocycles. The van der Waals surface area contributed by atoms with E-state index >= 15 is 0 Å². The molecule has 2 nitrogen and oxygen atoms in total. The molecule has 2 heterocycles. The summed E-state index contributed by atoms with van der Waals surface area (Å²) >= 11 is 0. The van der Waals surface area contributed by atoms with Gasteiger partial charge in [-0.3, -0.25) is 0 Å². The van der Waals surface area contributed by atoms with Gasteiger partial charge >= 0.3 is 0 Å². The molecule has 0 radical (unpaired) electrons. The van der Waals surface area contributed by atoms with Crippen molar-refractivity contribution < 1.29 is 0 Å². The maximum atomic E-state index is 4.33. The molecule has 2 N–H and O–H groups in total. The molecule has 0 amide bonds. The number of allylic oxidation sites excluding steroid dienone is 5. The number of hydrogen-bond donors (Lipinski definition) is 2. The summed E-state index contributed by atoms with van der Waals surface area (Å²) in [5.41, 5.74) is 8.26. The fraction of sp³-hybridized carbons (Fsp3) is 0.0435. The molecule has 0 bridgehead atoms. The summed E-state index contributed by atoms with van der Waals surface area (Å²) in [7, 11) is 0. The van der Waals surface area contributed by atoms with E-state index in [-0.39, 0.29) is 0 Å². The Morgan fingerprint density at radius 2 is 1.48 bits per heavy atom. The Morgan fingerprint density at radius 1 is 0.800 bits per heavy atom. The first-order valence-corrected chi connectivity index (χ1v) is 8.53. The first-order chi connectivity index (χ1) is 12.3. The van der Waals surface area contributed by atoms with Crippen molar-refractivity contribution in [3.63, 3.8) is 0 Å². The zero-order valence-corrected chi connectivity index (χ0v) is 13.8. The van der Waals surface area contributed by atoms with E-state index in [1.165, 1.54) is 33.1 Å². The molecule has 0 saturated carbocycles. The molecule has 0 atom stereocenters. The van der Waals surface area contributed by atoms with E-state index < -0.39 is 0 Å². The van der Waals surface area contributed by atoms with E-state index in [4.69, 9.17) is 0 Å². The Bertz CT molecular complexity index is 1110. The van der Waals surface area contributed by atoms with Crippen LogP contribution in [0.3, 0.4) is 0 Å². The SMILES string of the molecule is C=C(C1=CC=C(c2cc3ccccc3[nH]2)C1)c1cc2ccccc2[nH]1. The van der Waals surface area contributed by atoms with Crippen LogP contribution in [-0.4, -0.2) is 9.97 Å². The van der Waals surface area contributed by atoms with Crippen LogP contribution in [0.15, 0.2) is 85.0 Å². The van der Waals surface area contributed by atoms with Gasteiger partial charge in [0.1, 0.15) is 0 Å². The van der Waals surface area contributed by atoms with Crippen molar-refractivity contribution in [2.75, 3.05) is 0 Å². The number of para-hydroxylation sites is 2. The van der Waals surface area contributed by atoms with E-state index in [0.717, 1.165) is 23.2 Å². The Balaban J connectivity index is 1.41. The van der Waals surface area contributed by atoms with Gasteiger partial charge in [0.2, 0.25) is 0 Å². The van der Waals surface area contributed by atoms with Crippen LogP contribution in [0.1, 0.15) is 17.8 Å². The molecule has 5 rings (SSSR count). The van der Waals surface area contributed by atoms with E-state index in [1.807, 2.05) is 0 Å². The van der Waals surface area contributed by atoms with Crippen LogP contribution < -0.4 is 0 Å². The van der Waals surface area contributed by atoms with Crippen molar-refractivity contribution in [3.05, 3.63) is 96.4 Å². The molecular weight excluding hydrogens is 304 g/mol. The van der Waals surface area contributed by atoms with Crippen LogP contribution in [0.5, 0.6) is 0 Å². The Kier molecular flexibility index (Phi) is 3.04. The van der Waals surface area contributed by atoms with Gasteiger partial charge in [0.15, 0.2) is 0 Å². The van der Waals surface area contributed by atoms with Crippen molar-refractivity contribution in [1.29, 1.82) is 0 Å². The third-order valence-corrected chi connectivity index (χ3v) is 4.99. The third kappa shape index (κ3) is 2.34. The minimum absolute atomic E-state index is 0.904. The predicted molar refractivity (Wildman–Crippen MR) is 106 cm³/mol. The quantitative estimate of drug-likeness (QED) is 0.458. The molecule has 4 aromatic rings. The number of nitrogens with one attached hydrogen (secondary N) is 2. The topological polar surface area (TPSA) is 31.6 Å². The van der Waals surface area contributed by atoms with Crippen molar-refractivity contribution in [3.8, 4) is 0 Å². The van der Waals surface area contributed by atoms with Gasteiger partial charge in [-0.05, 0) is 46.4 Å². The largest absolute Gasteiger partial charge is 0.355 e. The predicted octanol–water partition coefficient (Wildman–Crippen LogP) is 6.08. The van der Waals surface area contributed by atoms with Crippen LogP contribution in [0.2, 0.25) is 0 Å². The fourth-order valence-electron chi connectivity index (χ4n) is 3.57. The maximum absolute atomic E-state index is 4.33. The second-order valence-electron chi connectivity index (χ2n) is 6.58. The molecule has 2 aromatic carbocycles. The summed E-state index contributed by atoms with van der Waals surface area (Å²) in [6.07, 6.45) is 5.30. The molecular formula is C23H18N2. The van der Waals surface area contributed by atoms with Crippen molar-refractivity contribution >= 4 is 33.0 Å². The van der Waals surface area contributed by atoms with Gasteiger partial charge in [-0.2, -0.15) is 0 Å². The highest BCUT2D eigenvalue weighted by atomic mass is 14.7. The summed E-state index contributed by atoms with van der Waals surface area (Å²) in [6.45, 7) is 4.33. The number of benzene rings is 2. The molecule has 0 unspecified atom stereocenters. The standard InChI is InChI=1S/C23H18N2/c1-15(22-13-17-6-2-4-8-20(17)24-22)16-10-11-19(12-16)23-14-18-7-3-5-9-21(18)25-23/h2-11,13-14,24-25H,1,12H2. The smallest absolute Gasteiger partial charge is 0.0461 e. The monoisotopic (exact) mass is 322 g/mol. The van der Waals surface area contributed by atoms with Crippen LogP contribution in [-0.2, 0) is 0 Å². The molecule has 120 valence electrons. The number of rotatable bonds is 3. The normalized spacial score (nSPS) is 14.1. The van der Waals surface area contributed by atoms with Gasteiger partial charge in [0, 0.05) is 34.2 Å². The minimum Gasteiger partial charge on any atom is -0.355 e. The Labute approximate surface area is 146 Å². The summed E-state index contributed by atoms with van der Waals surface area (Å²) in [5, 5.41) is 2.47. The lowest BCUT2D eigenvalue weighted by Gasteiger charge is -2.06. The van der Waals surface area contributed by atoms with Crippen LogP contribution in [0, 0.1) is 0 Å². The van der Waals surface area contributed by atoms with Crippen molar-refractivity contribution in [1.82, 2.24) is 9.97 Å². The van der Waals surface area contributed by atoms with E-state index in [9.17, 15) is 0 Å². The average molecular weight is 322 g/mol. The first-order valence-electron chi connectivity index (χ1n) is 8.53. The van der Waals surface area contributed by atoms with Crippen LogP contribution >= 0.6 is 0 Å². The molecule has 1 aliphatic carbocycles. The van der Waals surface area contributed by atoms with Gasteiger partial charge in [-0.15, -0.1) is 0 Å². The number of hydrogen-bond acceptors (Lipinski definition) is 0. The zero-order chi connectivity index (χ0) is 16.8. The van der Waals surface area contributed by atoms with Crippen molar-refractivity contribution in [2.45, 2.75) is 6.42 Å². The van der Waals surface area contributed by atoms with Gasteiger partial charge in [-0.25, -0.2) is 0 Å². The summed E-state index contributed by atoms with van der Waals surface area (Å²) in [4.78, 5) is 7.00.